The zero-order valence-corrected chi connectivity index (χ0v) is 13.9. The Labute approximate surface area is 127 Å². The Bertz CT molecular complexity index is 417. The molecule has 1 unspecified atom stereocenters. The third kappa shape index (κ3) is 3.16. The Hall–Kier alpha value is -0.780. The van der Waals surface area contributed by atoms with Crippen molar-refractivity contribution < 1.29 is 0 Å². The van der Waals surface area contributed by atoms with E-state index < -0.39 is 0 Å². The molecule has 100 valence electrons. The van der Waals surface area contributed by atoms with Gasteiger partial charge in [0.2, 0.25) is 0 Å². The van der Waals surface area contributed by atoms with Crippen LogP contribution in [0.1, 0.15) is 17.0 Å². The van der Waals surface area contributed by atoms with Crippen molar-refractivity contribution in [1.82, 2.24) is 9.80 Å². The van der Waals surface area contributed by atoms with Crippen LogP contribution < -0.4 is 0 Å². The Morgan fingerprint density at radius 2 is 1.78 bits per heavy atom. The topological polar surface area (TPSA) is 18.8 Å². The molecule has 0 aliphatic heterocycles. The fraction of sp³-hybridized carbons (Fsp3) is 0.500. The smallest absolute Gasteiger partial charge is 0.195 e. The molecule has 0 heterocycles. The highest BCUT2D eigenvalue weighted by molar-refractivity contribution is 14.0. The van der Waals surface area contributed by atoms with Crippen molar-refractivity contribution in [1.29, 1.82) is 0 Å². The number of hydrogen-bond donors (Lipinski definition) is 0. The van der Waals surface area contributed by atoms with E-state index in [1.54, 1.807) is 0 Å². The lowest BCUT2D eigenvalue weighted by molar-refractivity contribution is 0.474. The van der Waals surface area contributed by atoms with E-state index in [0.29, 0.717) is 5.92 Å². The number of nitrogens with zero attached hydrogens (tertiary/aromatic N) is 3. The molecule has 3 nitrogen and oxygen atoms in total. The van der Waals surface area contributed by atoms with Crippen molar-refractivity contribution in [3.63, 3.8) is 0 Å². The Kier molecular flexibility index (Phi) is 5.44. The number of halogens is 1. The van der Waals surface area contributed by atoms with Gasteiger partial charge in [0.1, 0.15) is 0 Å². The summed E-state index contributed by atoms with van der Waals surface area (Å²) in [6.45, 7) is 0.892. The van der Waals surface area contributed by atoms with Crippen LogP contribution in [0.25, 0.3) is 0 Å². The molecule has 0 aromatic heterocycles. The van der Waals surface area contributed by atoms with Crippen LogP contribution in [-0.4, -0.2) is 50.5 Å². The lowest BCUT2D eigenvalue weighted by atomic mass is 9.78. The second-order valence-corrected chi connectivity index (χ2v) is 5.03. The van der Waals surface area contributed by atoms with Crippen molar-refractivity contribution >= 4 is 29.9 Å². The first-order chi connectivity index (χ1) is 8.09. The fourth-order valence-electron chi connectivity index (χ4n) is 2.40. The van der Waals surface area contributed by atoms with Gasteiger partial charge in [-0.15, -0.1) is 24.0 Å². The number of fused-ring (bicyclic) bond motifs is 1. The fourth-order valence-corrected chi connectivity index (χ4v) is 2.40. The monoisotopic (exact) mass is 359 g/mol. The highest BCUT2D eigenvalue weighted by Crippen LogP contribution is 2.34. The van der Waals surface area contributed by atoms with Crippen molar-refractivity contribution in [2.75, 3.05) is 34.7 Å². The minimum Gasteiger partial charge on any atom is -0.349 e. The minimum atomic E-state index is 0. The number of aliphatic imine (C=N–C) groups is 1. The summed E-state index contributed by atoms with van der Waals surface area (Å²) in [6, 6.07) is 8.68. The maximum atomic E-state index is 4.71. The molecule has 0 radical (unpaired) electrons. The lowest BCUT2D eigenvalue weighted by Crippen LogP contribution is -2.36. The summed E-state index contributed by atoms with van der Waals surface area (Å²) >= 11 is 0. The molecular weight excluding hydrogens is 337 g/mol. The van der Waals surface area contributed by atoms with E-state index in [9.17, 15) is 0 Å². The molecule has 0 saturated carbocycles. The molecule has 0 amide bonds. The van der Waals surface area contributed by atoms with Crippen LogP contribution in [0.15, 0.2) is 29.3 Å². The second-order valence-electron chi connectivity index (χ2n) is 5.03. The van der Waals surface area contributed by atoms with Gasteiger partial charge in [-0.3, -0.25) is 4.99 Å². The molecule has 1 aliphatic carbocycles. The van der Waals surface area contributed by atoms with Crippen LogP contribution in [0.2, 0.25) is 0 Å². The zero-order valence-electron chi connectivity index (χ0n) is 11.6. The van der Waals surface area contributed by atoms with Gasteiger partial charge in [-0.25, -0.2) is 0 Å². The average molecular weight is 359 g/mol. The SMILES string of the molecule is CN(C)C(=NCC1Cc2ccccc21)N(C)C.I. The first-order valence-corrected chi connectivity index (χ1v) is 6.06. The van der Waals surface area contributed by atoms with E-state index in [-0.39, 0.29) is 24.0 Å². The van der Waals surface area contributed by atoms with E-state index in [0.717, 1.165) is 12.5 Å². The molecule has 1 aliphatic rings. The molecule has 1 aromatic rings. The molecule has 0 fully saturated rings. The van der Waals surface area contributed by atoms with Gasteiger partial charge in [0, 0.05) is 40.7 Å². The molecule has 1 atom stereocenters. The van der Waals surface area contributed by atoms with Crippen molar-refractivity contribution in [3.05, 3.63) is 35.4 Å². The first kappa shape index (κ1) is 15.3. The molecule has 18 heavy (non-hydrogen) atoms. The molecule has 1 aromatic carbocycles. The molecule has 2 rings (SSSR count). The van der Waals surface area contributed by atoms with E-state index in [4.69, 9.17) is 4.99 Å². The molecular formula is C14H22IN3. The summed E-state index contributed by atoms with van der Waals surface area (Å²) in [4.78, 5) is 8.83. The van der Waals surface area contributed by atoms with Crippen LogP contribution in [0.5, 0.6) is 0 Å². The molecule has 0 saturated heterocycles. The maximum Gasteiger partial charge on any atom is 0.195 e. The third-order valence-corrected chi connectivity index (χ3v) is 3.21. The standard InChI is InChI=1S/C14H21N3.HI/c1-16(2)14(17(3)4)15-10-12-9-11-7-5-6-8-13(11)12;/h5-8,12H,9-10H2,1-4H3;1H. The Morgan fingerprint density at radius 1 is 1.17 bits per heavy atom. The highest BCUT2D eigenvalue weighted by Gasteiger charge is 2.25. The van der Waals surface area contributed by atoms with E-state index in [1.807, 2.05) is 28.2 Å². The van der Waals surface area contributed by atoms with Gasteiger partial charge in [0.05, 0.1) is 0 Å². The number of hydrogen-bond acceptors (Lipinski definition) is 1. The van der Waals surface area contributed by atoms with Crippen molar-refractivity contribution in [2.45, 2.75) is 12.3 Å². The summed E-state index contributed by atoms with van der Waals surface area (Å²) in [6.07, 6.45) is 1.17. The summed E-state index contributed by atoms with van der Waals surface area (Å²) in [5, 5.41) is 0. The highest BCUT2D eigenvalue weighted by atomic mass is 127. The van der Waals surface area contributed by atoms with Crippen LogP contribution in [0, 0.1) is 0 Å². The van der Waals surface area contributed by atoms with Gasteiger partial charge in [0.15, 0.2) is 5.96 Å². The van der Waals surface area contributed by atoms with Crippen LogP contribution in [0.3, 0.4) is 0 Å². The summed E-state index contributed by atoms with van der Waals surface area (Å²) < 4.78 is 0. The zero-order chi connectivity index (χ0) is 12.4. The molecule has 0 bridgehead atoms. The third-order valence-electron chi connectivity index (χ3n) is 3.21. The van der Waals surface area contributed by atoms with Crippen molar-refractivity contribution in [2.24, 2.45) is 4.99 Å². The van der Waals surface area contributed by atoms with E-state index >= 15 is 0 Å². The molecule has 0 spiro atoms. The maximum absolute atomic E-state index is 4.71. The van der Waals surface area contributed by atoms with Gasteiger partial charge in [-0.2, -0.15) is 0 Å². The van der Waals surface area contributed by atoms with Crippen LogP contribution >= 0.6 is 24.0 Å². The summed E-state index contributed by atoms with van der Waals surface area (Å²) in [5.74, 6) is 1.65. The normalized spacial score (nSPS) is 15.9. The van der Waals surface area contributed by atoms with Crippen molar-refractivity contribution in [3.8, 4) is 0 Å². The minimum absolute atomic E-state index is 0. The predicted octanol–water partition coefficient (Wildman–Crippen LogP) is 2.42. The molecule has 0 N–H and O–H groups in total. The second kappa shape index (κ2) is 6.41. The Morgan fingerprint density at radius 3 is 2.33 bits per heavy atom. The summed E-state index contributed by atoms with van der Waals surface area (Å²) in [7, 11) is 8.14. The van der Waals surface area contributed by atoms with Gasteiger partial charge in [-0.1, -0.05) is 24.3 Å². The van der Waals surface area contributed by atoms with Gasteiger partial charge >= 0.3 is 0 Å². The number of rotatable bonds is 2. The first-order valence-electron chi connectivity index (χ1n) is 6.06. The lowest BCUT2D eigenvalue weighted by Gasteiger charge is -2.30. The number of benzene rings is 1. The average Bonchev–Trinajstić information content (AvgIpc) is 2.23. The van der Waals surface area contributed by atoms with E-state index in [1.165, 1.54) is 17.5 Å². The summed E-state index contributed by atoms with van der Waals surface area (Å²) in [5.41, 5.74) is 2.97. The quantitative estimate of drug-likeness (QED) is 0.459. The van der Waals surface area contributed by atoms with Gasteiger partial charge < -0.3 is 9.80 Å². The van der Waals surface area contributed by atoms with Crippen LogP contribution in [-0.2, 0) is 6.42 Å². The number of guanidine groups is 1. The van der Waals surface area contributed by atoms with Gasteiger partial charge in [0.25, 0.3) is 0 Å². The Balaban J connectivity index is 0.00000162. The molecule has 4 heteroatoms. The predicted molar refractivity (Wildman–Crippen MR) is 88.0 cm³/mol. The van der Waals surface area contributed by atoms with E-state index in [2.05, 4.69) is 34.1 Å². The van der Waals surface area contributed by atoms with Gasteiger partial charge in [-0.05, 0) is 17.5 Å². The largest absolute Gasteiger partial charge is 0.349 e. The van der Waals surface area contributed by atoms with Crippen LogP contribution in [0.4, 0.5) is 0 Å².